The van der Waals surface area contributed by atoms with E-state index < -0.39 is 0 Å². The van der Waals surface area contributed by atoms with Crippen LogP contribution in [0.1, 0.15) is 49.8 Å². The van der Waals surface area contributed by atoms with Gasteiger partial charge >= 0.3 is 0 Å². The van der Waals surface area contributed by atoms with Crippen LogP contribution >= 0.6 is 11.3 Å². The van der Waals surface area contributed by atoms with Crippen LogP contribution < -0.4 is 4.90 Å². The van der Waals surface area contributed by atoms with E-state index in [1.807, 2.05) is 11.3 Å². The van der Waals surface area contributed by atoms with E-state index >= 15 is 0 Å². The highest BCUT2D eigenvalue weighted by molar-refractivity contribution is 7.15. The SMILES string of the molecule is COCCCC1CCCCN1Cc1cnc(N2CCCC2)s1. The Balaban J connectivity index is 1.55. The number of piperidine rings is 1. The Morgan fingerprint density at radius 1 is 1.23 bits per heavy atom. The molecule has 2 saturated heterocycles. The molecule has 1 unspecified atom stereocenters. The van der Waals surface area contributed by atoms with E-state index in [0.717, 1.165) is 19.2 Å². The number of ether oxygens (including phenoxy) is 1. The van der Waals surface area contributed by atoms with Gasteiger partial charge in [0, 0.05) is 50.5 Å². The minimum Gasteiger partial charge on any atom is -0.385 e. The summed E-state index contributed by atoms with van der Waals surface area (Å²) in [5.41, 5.74) is 0. The number of likely N-dealkylation sites (tertiary alicyclic amines) is 1. The minimum atomic E-state index is 0.737. The zero-order valence-corrected chi connectivity index (χ0v) is 14.6. The maximum Gasteiger partial charge on any atom is 0.185 e. The topological polar surface area (TPSA) is 28.6 Å². The third-order valence-corrected chi connectivity index (χ3v) is 5.95. The van der Waals surface area contributed by atoms with E-state index in [0.29, 0.717) is 0 Å². The van der Waals surface area contributed by atoms with Crippen molar-refractivity contribution in [3.8, 4) is 0 Å². The fourth-order valence-electron chi connectivity index (χ4n) is 3.68. The second-order valence-corrected chi connectivity index (χ2v) is 7.65. The van der Waals surface area contributed by atoms with Crippen LogP contribution in [0, 0.1) is 0 Å². The molecule has 3 rings (SSSR count). The van der Waals surface area contributed by atoms with Crippen LogP contribution in [0.3, 0.4) is 0 Å². The molecular weight excluding hydrogens is 294 g/mol. The molecule has 3 heterocycles. The Labute approximate surface area is 138 Å². The Kier molecular flexibility index (Phi) is 6.10. The van der Waals surface area contributed by atoms with Crippen molar-refractivity contribution < 1.29 is 4.74 Å². The molecule has 4 nitrogen and oxygen atoms in total. The standard InChI is InChI=1S/C17H29N3OS/c1-21-12-6-8-15-7-2-3-11-20(15)14-16-13-18-17(22-16)19-9-4-5-10-19/h13,15H,2-12,14H2,1H3. The van der Waals surface area contributed by atoms with Crippen molar-refractivity contribution in [1.82, 2.24) is 9.88 Å². The predicted octanol–water partition coefficient (Wildman–Crippen LogP) is 3.52. The van der Waals surface area contributed by atoms with Gasteiger partial charge < -0.3 is 9.64 Å². The van der Waals surface area contributed by atoms with E-state index in [1.165, 1.54) is 74.6 Å². The van der Waals surface area contributed by atoms with E-state index in [4.69, 9.17) is 4.74 Å². The second-order valence-electron chi connectivity index (χ2n) is 6.56. The first-order valence-corrected chi connectivity index (χ1v) is 9.61. The van der Waals surface area contributed by atoms with Crippen molar-refractivity contribution in [3.05, 3.63) is 11.1 Å². The summed E-state index contributed by atoms with van der Waals surface area (Å²) in [6, 6.07) is 0.737. The van der Waals surface area contributed by atoms with Gasteiger partial charge in [-0.1, -0.05) is 6.42 Å². The van der Waals surface area contributed by atoms with Crippen molar-refractivity contribution in [3.63, 3.8) is 0 Å². The molecule has 0 saturated carbocycles. The summed E-state index contributed by atoms with van der Waals surface area (Å²) in [6.07, 6.45) is 11.3. The monoisotopic (exact) mass is 323 g/mol. The van der Waals surface area contributed by atoms with Gasteiger partial charge in [-0.25, -0.2) is 4.98 Å². The van der Waals surface area contributed by atoms with Crippen LogP contribution in [0.4, 0.5) is 5.13 Å². The summed E-state index contributed by atoms with van der Waals surface area (Å²) in [6.45, 7) is 5.61. The number of nitrogens with zero attached hydrogens (tertiary/aromatic N) is 3. The molecule has 0 spiro atoms. The Morgan fingerprint density at radius 3 is 2.86 bits per heavy atom. The van der Waals surface area contributed by atoms with Crippen molar-refractivity contribution in [2.24, 2.45) is 0 Å². The molecule has 1 atom stereocenters. The molecule has 0 amide bonds. The van der Waals surface area contributed by atoms with Crippen LogP contribution in [0.15, 0.2) is 6.20 Å². The normalized spacial score (nSPS) is 23.3. The van der Waals surface area contributed by atoms with E-state index in [2.05, 4.69) is 21.0 Å². The van der Waals surface area contributed by atoms with E-state index in [-0.39, 0.29) is 0 Å². The molecule has 22 heavy (non-hydrogen) atoms. The molecule has 0 aromatic carbocycles. The first-order valence-electron chi connectivity index (χ1n) is 8.79. The summed E-state index contributed by atoms with van der Waals surface area (Å²) < 4.78 is 5.21. The molecule has 124 valence electrons. The number of anilines is 1. The molecule has 0 radical (unpaired) electrons. The lowest BCUT2D eigenvalue weighted by Crippen LogP contribution is -2.38. The lowest BCUT2D eigenvalue weighted by Gasteiger charge is -2.35. The summed E-state index contributed by atoms with van der Waals surface area (Å²) in [7, 11) is 1.80. The first kappa shape index (κ1) is 16.2. The number of aromatic nitrogens is 1. The van der Waals surface area contributed by atoms with Crippen LogP contribution in [0.2, 0.25) is 0 Å². The molecule has 5 heteroatoms. The van der Waals surface area contributed by atoms with Gasteiger partial charge in [-0.05, 0) is 45.1 Å². The highest BCUT2D eigenvalue weighted by Gasteiger charge is 2.23. The quantitative estimate of drug-likeness (QED) is 0.718. The average Bonchev–Trinajstić information content (AvgIpc) is 3.20. The summed E-state index contributed by atoms with van der Waals surface area (Å²) in [4.78, 5) is 11.2. The Hall–Kier alpha value is -0.650. The first-order chi connectivity index (χ1) is 10.9. The molecule has 1 aromatic heterocycles. The maximum absolute atomic E-state index is 5.21. The summed E-state index contributed by atoms with van der Waals surface area (Å²) in [5.74, 6) is 0. The zero-order chi connectivity index (χ0) is 15.2. The number of hydrogen-bond acceptors (Lipinski definition) is 5. The molecule has 0 N–H and O–H groups in total. The number of hydrogen-bond donors (Lipinski definition) is 0. The maximum atomic E-state index is 5.21. The van der Waals surface area contributed by atoms with Gasteiger partial charge in [0.15, 0.2) is 5.13 Å². The molecule has 1 aromatic rings. The fourth-order valence-corrected chi connectivity index (χ4v) is 4.67. The van der Waals surface area contributed by atoms with Gasteiger partial charge in [0.25, 0.3) is 0 Å². The summed E-state index contributed by atoms with van der Waals surface area (Å²) in [5, 5.41) is 1.24. The van der Waals surface area contributed by atoms with E-state index in [9.17, 15) is 0 Å². The Bertz CT molecular complexity index is 445. The summed E-state index contributed by atoms with van der Waals surface area (Å²) >= 11 is 1.90. The highest BCUT2D eigenvalue weighted by Crippen LogP contribution is 2.29. The molecular formula is C17H29N3OS. The zero-order valence-electron chi connectivity index (χ0n) is 13.8. The minimum absolute atomic E-state index is 0.737. The van der Waals surface area contributed by atoms with Crippen LogP contribution in [-0.4, -0.2) is 49.3 Å². The smallest absolute Gasteiger partial charge is 0.185 e. The van der Waals surface area contributed by atoms with Crippen molar-refractivity contribution in [2.45, 2.75) is 57.5 Å². The van der Waals surface area contributed by atoms with Crippen molar-refractivity contribution >= 4 is 16.5 Å². The third kappa shape index (κ3) is 4.21. The lowest BCUT2D eigenvalue weighted by atomic mass is 9.98. The molecule has 2 aliphatic rings. The second kappa shape index (κ2) is 8.27. The fraction of sp³-hybridized carbons (Fsp3) is 0.824. The number of methoxy groups -OCH3 is 1. The molecule has 0 bridgehead atoms. The van der Waals surface area contributed by atoms with Gasteiger partial charge in [0.05, 0.1) is 0 Å². The van der Waals surface area contributed by atoms with Crippen molar-refractivity contribution in [1.29, 1.82) is 0 Å². The van der Waals surface area contributed by atoms with Gasteiger partial charge in [0.2, 0.25) is 0 Å². The molecule has 0 aliphatic carbocycles. The number of thiazole rings is 1. The number of rotatable bonds is 7. The van der Waals surface area contributed by atoms with Crippen LogP contribution in [0.5, 0.6) is 0 Å². The average molecular weight is 324 g/mol. The highest BCUT2D eigenvalue weighted by atomic mass is 32.1. The lowest BCUT2D eigenvalue weighted by molar-refractivity contribution is 0.117. The van der Waals surface area contributed by atoms with Gasteiger partial charge in [-0.3, -0.25) is 4.90 Å². The molecule has 2 aliphatic heterocycles. The van der Waals surface area contributed by atoms with Gasteiger partial charge in [0.1, 0.15) is 0 Å². The van der Waals surface area contributed by atoms with Crippen LogP contribution in [0.25, 0.3) is 0 Å². The van der Waals surface area contributed by atoms with Gasteiger partial charge in [-0.15, -0.1) is 11.3 Å². The van der Waals surface area contributed by atoms with Crippen molar-refractivity contribution in [2.75, 3.05) is 38.3 Å². The van der Waals surface area contributed by atoms with Gasteiger partial charge in [-0.2, -0.15) is 0 Å². The largest absolute Gasteiger partial charge is 0.385 e. The predicted molar refractivity (Wildman–Crippen MR) is 92.7 cm³/mol. The van der Waals surface area contributed by atoms with Crippen LogP contribution in [-0.2, 0) is 11.3 Å². The molecule has 2 fully saturated rings. The third-order valence-electron chi connectivity index (χ3n) is 4.91. The van der Waals surface area contributed by atoms with E-state index in [1.54, 1.807) is 7.11 Å². The Morgan fingerprint density at radius 2 is 2.05 bits per heavy atom.